The van der Waals surface area contributed by atoms with Gasteiger partial charge in [-0.05, 0) is 37.0 Å². The Morgan fingerprint density at radius 3 is 2.70 bits per heavy atom. The second-order valence-electron chi connectivity index (χ2n) is 5.25. The maximum Gasteiger partial charge on any atom is 0.241 e. The van der Waals surface area contributed by atoms with Gasteiger partial charge in [-0.25, -0.2) is 0 Å². The molecule has 4 nitrogen and oxygen atoms in total. The summed E-state index contributed by atoms with van der Waals surface area (Å²) in [6.07, 6.45) is 1.80. The lowest BCUT2D eigenvalue weighted by atomic mass is 9.99. The van der Waals surface area contributed by atoms with E-state index >= 15 is 0 Å². The number of carbonyl (C=O) groups is 1. The standard InChI is InChI=1S/C16H26N2O2/c1-5-9-20-14-10-11(3)7-8-13(14)18-16(19)15(17)12(4)6-2/h7-8,10,12,15H,5-6,9,17H2,1-4H3,(H,18,19)/t12?,15-/m0/s1. The summed E-state index contributed by atoms with van der Waals surface area (Å²) in [6, 6.07) is 5.24. The zero-order chi connectivity index (χ0) is 15.1. The van der Waals surface area contributed by atoms with Gasteiger partial charge in [0.15, 0.2) is 0 Å². The van der Waals surface area contributed by atoms with Crippen LogP contribution in [-0.2, 0) is 4.79 Å². The second-order valence-corrected chi connectivity index (χ2v) is 5.25. The van der Waals surface area contributed by atoms with Gasteiger partial charge in [-0.15, -0.1) is 0 Å². The molecule has 1 rings (SSSR count). The van der Waals surface area contributed by atoms with Crippen molar-refractivity contribution >= 4 is 11.6 Å². The van der Waals surface area contributed by atoms with Gasteiger partial charge in [-0.2, -0.15) is 0 Å². The van der Waals surface area contributed by atoms with Crippen molar-refractivity contribution in [3.63, 3.8) is 0 Å². The lowest BCUT2D eigenvalue weighted by Crippen LogP contribution is -2.40. The van der Waals surface area contributed by atoms with E-state index in [1.54, 1.807) is 0 Å². The van der Waals surface area contributed by atoms with Crippen molar-refractivity contribution in [1.29, 1.82) is 0 Å². The number of benzene rings is 1. The zero-order valence-electron chi connectivity index (χ0n) is 12.9. The van der Waals surface area contributed by atoms with Crippen LogP contribution in [0.25, 0.3) is 0 Å². The second kappa shape index (κ2) is 7.90. The summed E-state index contributed by atoms with van der Waals surface area (Å²) >= 11 is 0. The van der Waals surface area contributed by atoms with Crippen molar-refractivity contribution in [1.82, 2.24) is 0 Å². The summed E-state index contributed by atoms with van der Waals surface area (Å²) in [5.74, 6) is 0.696. The van der Waals surface area contributed by atoms with Gasteiger partial charge in [-0.3, -0.25) is 4.79 Å². The van der Waals surface area contributed by atoms with Crippen LogP contribution in [0.1, 0.15) is 39.2 Å². The summed E-state index contributed by atoms with van der Waals surface area (Å²) in [4.78, 5) is 12.1. The highest BCUT2D eigenvalue weighted by atomic mass is 16.5. The third-order valence-electron chi connectivity index (χ3n) is 3.42. The van der Waals surface area contributed by atoms with E-state index in [-0.39, 0.29) is 11.8 Å². The first kappa shape index (κ1) is 16.5. The molecule has 1 aromatic carbocycles. The highest BCUT2D eigenvalue weighted by Crippen LogP contribution is 2.26. The summed E-state index contributed by atoms with van der Waals surface area (Å²) in [7, 11) is 0. The van der Waals surface area contributed by atoms with Crippen molar-refractivity contribution in [3.05, 3.63) is 23.8 Å². The van der Waals surface area contributed by atoms with E-state index in [0.29, 0.717) is 18.0 Å². The van der Waals surface area contributed by atoms with Crippen molar-refractivity contribution in [2.45, 2.75) is 46.6 Å². The molecule has 1 unspecified atom stereocenters. The summed E-state index contributed by atoms with van der Waals surface area (Å²) in [5.41, 5.74) is 7.73. The molecule has 2 atom stereocenters. The van der Waals surface area contributed by atoms with Crippen LogP contribution in [-0.4, -0.2) is 18.6 Å². The fourth-order valence-electron chi connectivity index (χ4n) is 1.79. The van der Waals surface area contributed by atoms with Gasteiger partial charge in [-0.1, -0.05) is 33.3 Å². The molecule has 0 spiro atoms. The lowest BCUT2D eigenvalue weighted by Gasteiger charge is -2.19. The highest BCUT2D eigenvalue weighted by Gasteiger charge is 2.20. The molecule has 0 bridgehead atoms. The number of hydrogen-bond donors (Lipinski definition) is 2. The third-order valence-corrected chi connectivity index (χ3v) is 3.42. The number of amides is 1. The van der Waals surface area contributed by atoms with Gasteiger partial charge < -0.3 is 15.8 Å². The number of hydrogen-bond acceptors (Lipinski definition) is 3. The third kappa shape index (κ3) is 4.53. The SMILES string of the molecule is CCCOc1cc(C)ccc1NC(=O)[C@@H](N)C(C)CC. The van der Waals surface area contributed by atoms with Crippen LogP contribution >= 0.6 is 0 Å². The Morgan fingerprint density at radius 2 is 2.10 bits per heavy atom. The maximum absolute atomic E-state index is 12.1. The van der Waals surface area contributed by atoms with Gasteiger partial charge in [0, 0.05) is 0 Å². The number of ether oxygens (including phenoxy) is 1. The van der Waals surface area contributed by atoms with Crippen molar-refractivity contribution in [2.75, 3.05) is 11.9 Å². The molecule has 0 aromatic heterocycles. The molecule has 0 fully saturated rings. The molecule has 1 amide bonds. The Morgan fingerprint density at radius 1 is 1.40 bits per heavy atom. The minimum absolute atomic E-state index is 0.153. The highest BCUT2D eigenvalue weighted by molar-refractivity contribution is 5.96. The van der Waals surface area contributed by atoms with E-state index in [0.717, 1.165) is 18.4 Å². The monoisotopic (exact) mass is 278 g/mol. The first-order chi connectivity index (χ1) is 9.49. The number of anilines is 1. The van der Waals surface area contributed by atoms with Gasteiger partial charge >= 0.3 is 0 Å². The van der Waals surface area contributed by atoms with E-state index in [1.165, 1.54) is 0 Å². The first-order valence-electron chi connectivity index (χ1n) is 7.29. The summed E-state index contributed by atoms with van der Waals surface area (Å²) < 4.78 is 5.68. The molecule has 3 N–H and O–H groups in total. The molecule has 0 radical (unpaired) electrons. The summed E-state index contributed by atoms with van der Waals surface area (Å²) in [6.45, 7) is 8.68. The molecular formula is C16H26N2O2. The van der Waals surface area contributed by atoms with Crippen LogP contribution in [0.5, 0.6) is 5.75 Å². The normalized spacial score (nSPS) is 13.7. The molecule has 20 heavy (non-hydrogen) atoms. The first-order valence-corrected chi connectivity index (χ1v) is 7.29. The fraction of sp³-hybridized carbons (Fsp3) is 0.562. The van der Waals surface area contributed by atoms with Crippen LogP contribution in [0.3, 0.4) is 0 Å². The van der Waals surface area contributed by atoms with Gasteiger partial charge in [0.1, 0.15) is 5.75 Å². The molecule has 0 aliphatic rings. The number of nitrogens with one attached hydrogen (secondary N) is 1. The largest absolute Gasteiger partial charge is 0.491 e. The molecular weight excluding hydrogens is 252 g/mol. The Hall–Kier alpha value is -1.55. The van der Waals surface area contributed by atoms with Crippen LogP contribution in [0, 0.1) is 12.8 Å². The van der Waals surface area contributed by atoms with Crippen LogP contribution in [0.2, 0.25) is 0 Å². The number of carbonyl (C=O) groups excluding carboxylic acids is 1. The molecule has 0 aliphatic carbocycles. The van der Waals surface area contributed by atoms with E-state index in [1.807, 2.05) is 45.9 Å². The van der Waals surface area contributed by atoms with E-state index in [2.05, 4.69) is 5.32 Å². The predicted octanol–water partition coefficient (Wildman–Crippen LogP) is 3.10. The minimum Gasteiger partial charge on any atom is -0.491 e. The molecule has 0 saturated carbocycles. The number of nitrogens with two attached hydrogens (primary N) is 1. The van der Waals surface area contributed by atoms with Crippen LogP contribution in [0.4, 0.5) is 5.69 Å². The van der Waals surface area contributed by atoms with Gasteiger partial charge in [0.25, 0.3) is 0 Å². The predicted molar refractivity (Wildman–Crippen MR) is 83.0 cm³/mol. The fourth-order valence-corrected chi connectivity index (χ4v) is 1.79. The lowest BCUT2D eigenvalue weighted by molar-refractivity contribution is -0.118. The summed E-state index contributed by atoms with van der Waals surface area (Å²) in [5, 5.41) is 2.87. The van der Waals surface area contributed by atoms with E-state index in [4.69, 9.17) is 10.5 Å². The Labute approximate surface area is 121 Å². The molecule has 1 aromatic rings. The Balaban J connectivity index is 2.83. The number of rotatable bonds is 7. The van der Waals surface area contributed by atoms with Crippen molar-refractivity contribution in [3.8, 4) is 5.75 Å². The quantitative estimate of drug-likeness (QED) is 0.805. The average molecular weight is 278 g/mol. The molecule has 0 saturated heterocycles. The van der Waals surface area contributed by atoms with E-state index in [9.17, 15) is 4.79 Å². The minimum atomic E-state index is -0.500. The molecule has 112 valence electrons. The Kier molecular flexibility index (Phi) is 6.52. The zero-order valence-corrected chi connectivity index (χ0v) is 12.9. The Bertz CT molecular complexity index is 446. The topological polar surface area (TPSA) is 64.3 Å². The maximum atomic E-state index is 12.1. The molecule has 0 aliphatic heterocycles. The van der Waals surface area contributed by atoms with Gasteiger partial charge in [0.2, 0.25) is 5.91 Å². The van der Waals surface area contributed by atoms with Crippen LogP contribution in [0.15, 0.2) is 18.2 Å². The van der Waals surface area contributed by atoms with Crippen LogP contribution < -0.4 is 15.8 Å². The van der Waals surface area contributed by atoms with E-state index < -0.39 is 6.04 Å². The smallest absolute Gasteiger partial charge is 0.241 e. The number of aryl methyl sites for hydroxylation is 1. The average Bonchev–Trinajstić information content (AvgIpc) is 2.45. The molecule has 0 heterocycles. The van der Waals surface area contributed by atoms with Gasteiger partial charge in [0.05, 0.1) is 18.3 Å². The molecule has 4 heteroatoms. The van der Waals surface area contributed by atoms with Crippen molar-refractivity contribution in [2.24, 2.45) is 11.7 Å². The van der Waals surface area contributed by atoms with Crippen molar-refractivity contribution < 1.29 is 9.53 Å².